The number of carbonyl (C=O) groups excluding carboxylic acids is 1. The van der Waals surface area contributed by atoms with Gasteiger partial charge in [0.25, 0.3) is 5.91 Å². The molecular weight excluding hydrogens is 322 g/mol. The van der Waals surface area contributed by atoms with Crippen molar-refractivity contribution in [2.45, 2.75) is 62.1 Å². The fraction of sp³-hybridized carbons (Fsp3) is 0.500. The quantitative estimate of drug-likeness (QED) is 0.652. The van der Waals surface area contributed by atoms with E-state index >= 15 is 0 Å². The summed E-state index contributed by atoms with van der Waals surface area (Å²) in [6.07, 6.45) is 7.15. The molecule has 1 heterocycles. The maximum atomic E-state index is 12.7. The monoisotopic (exact) mass is 345 g/mol. The van der Waals surface area contributed by atoms with Gasteiger partial charge in [-0.3, -0.25) is 4.79 Å². The molecule has 0 unspecified atom stereocenters. The topological polar surface area (TPSA) is 68.0 Å². The number of nitrogens with one attached hydrogen (secondary N) is 1. The molecule has 0 aliphatic heterocycles. The van der Waals surface area contributed by atoms with E-state index in [0.717, 1.165) is 23.3 Å². The van der Waals surface area contributed by atoms with Crippen LogP contribution in [0.25, 0.3) is 0 Å². The molecule has 1 amide bonds. The van der Waals surface area contributed by atoms with Crippen molar-refractivity contribution < 1.29 is 9.32 Å². The first-order valence-corrected chi connectivity index (χ1v) is 9.53. The summed E-state index contributed by atoms with van der Waals surface area (Å²) < 4.78 is 4.99. The molecule has 3 rings (SSSR count). The van der Waals surface area contributed by atoms with Gasteiger partial charge in [-0.25, -0.2) is 0 Å². The smallest absolute Gasteiger partial charge is 0.252 e. The van der Waals surface area contributed by atoms with E-state index in [2.05, 4.69) is 15.5 Å². The van der Waals surface area contributed by atoms with Crippen LogP contribution in [0.15, 0.2) is 33.7 Å². The molecule has 128 valence electrons. The normalized spacial score (nSPS) is 15.9. The van der Waals surface area contributed by atoms with Gasteiger partial charge in [0, 0.05) is 17.9 Å². The summed E-state index contributed by atoms with van der Waals surface area (Å²) in [4.78, 5) is 17.8. The van der Waals surface area contributed by atoms with E-state index < -0.39 is 0 Å². The Kier molecular flexibility index (Phi) is 5.91. The Morgan fingerprint density at radius 1 is 1.25 bits per heavy atom. The zero-order valence-electron chi connectivity index (χ0n) is 14.0. The largest absolute Gasteiger partial charge is 0.349 e. The lowest BCUT2D eigenvalue weighted by atomic mass is 10.1. The molecule has 1 saturated carbocycles. The Morgan fingerprint density at radius 2 is 2.00 bits per heavy atom. The van der Waals surface area contributed by atoms with Crippen molar-refractivity contribution in [3.63, 3.8) is 0 Å². The van der Waals surface area contributed by atoms with E-state index in [1.54, 1.807) is 18.7 Å². The van der Waals surface area contributed by atoms with Crippen LogP contribution in [-0.4, -0.2) is 22.1 Å². The van der Waals surface area contributed by atoms with E-state index in [-0.39, 0.29) is 5.91 Å². The predicted octanol–water partition coefficient (Wildman–Crippen LogP) is 4.12. The highest BCUT2D eigenvalue weighted by atomic mass is 32.2. The Labute approximate surface area is 146 Å². The average molecular weight is 345 g/mol. The second-order valence-electron chi connectivity index (χ2n) is 6.18. The number of aryl methyl sites for hydroxylation is 1. The summed E-state index contributed by atoms with van der Waals surface area (Å²) in [6, 6.07) is 8.02. The lowest BCUT2D eigenvalue weighted by Gasteiger charge is -2.17. The van der Waals surface area contributed by atoms with Crippen molar-refractivity contribution in [2.24, 2.45) is 0 Å². The SMILES string of the molecule is Cc1nc(CSc2ccccc2C(=O)NC2CCCCCC2)no1. The standard InChI is InChI=1S/C18H23N3O2S/c1-13-19-17(21-23-13)12-24-16-11-7-6-10-15(16)18(22)20-14-8-4-2-3-5-9-14/h6-7,10-11,14H,2-5,8-9,12H2,1H3,(H,20,22). The van der Waals surface area contributed by atoms with Crippen molar-refractivity contribution in [1.82, 2.24) is 15.5 Å². The molecule has 6 heteroatoms. The van der Waals surface area contributed by atoms with E-state index in [4.69, 9.17) is 4.52 Å². The molecule has 0 atom stereocenters. The number of amides is 1. The minimum absolute atomic E-state index is 0.0225. The number of hydrogen-bond donors (Lipinski definition) is 1. The third-order valence-corrected chi connectivity index (χ3v) is 5.32. The number of hydrogen-bond acceptors (Lipinski definition) is 5. The van der Waals surface area contributed by atoms with Crippen LogP contribution in [-0.2, 0) is 5.75 Å². The zero-order chi connectivity index (χ0) is 16.8. The van der Waals surface area contributed by atoms with Crippen molar-refractivity contribution in [2.75, 3.05) is 0 Å². The van der Waals surface area contributed by atoms with Gasteiger partial charge in [0.05, 0.1) is 11.3 Å². The average Bonchev–Trinajstić information content (AvgIpc) is 2.84. The second kappa shape index (κ2) is 8.33. The maximum Gasteiger partial charge on any atom is 0.252 e. The van der Waals surface area contributed by atoms with Gasteiger partial charge in [0.2, 0.25) is 5.89 Å². The van der Waals surface area contributed by atoms with Gasteiger partial charge in [-0.15, -0.1) is 11.8 Å². The van der Waals surface area contributed by atoms with Gasteiger partial charge >= 0.3 is 0 Å². The van der Waals surface area contributed by atoms with Crippen LogP contribution in [0.1, 0.15) is 60.6 Å². The van der Waals surface area contributed by atoms with E-state index in [9.17, 15) is 4.79 Å². The molecule has 0 saturated heterocycles. The first kappa shape index (κ1) is 17.0. The van der Waals surface area contributed by atoms with Crippen LogP contribution in [0.4, 0.5) is 0 Å². The highest BCUT2D eigenvalue weighted by molar-refractivity contribution is 7.98. The van der Waals surface area contributed by atoms with Crippen LogP contribution in [0.2, 0.25) is 0 Å². The molecule has 1 aromatic carbocycles. The molecule has 5 nitrogen and oxygen atoms in total. The molecule has 1 fully saturated rings. The lowest BCUT2D eigenvalue weighted by molar-refractivity contribution is 0.0930. The first-order chi connectivity index (χ1) is 11.7. The van der Waals surface area contributed by atoms with Crippen molar-refractivity contribution >= 4 is 17.7 Å². The van der Waals surface area contributed by atoms with Gasteiger partial charge in [0.15, 0.2) is 5.82 Å². The van der Waals surface area contributed by atoms with Gasteiger partial charge in [-0.2, -0.15) is 4.98 Å². The van der Waals surface area contributed by atoms with Crippen molar-refractivity contribution in [1.29, 1.82) is 0 Å². The fourth-order valence-electron chi connectivity index (χ4n) is 3.01. The Morgan fingerprint density at radius 3 is 2.71 bits per heavy atom. The van der Waals surface area contributed by atoms with Crippen LogP contribution in [0, 0.1) is 6.92 Å². The van der Waals surface area contributed by atoms with Gasteiger partial charge in [0.1, 0.15) is 0 Å². The number of nitrogens with zero attached hydrogens (tertiary/aromatic N) is 2. The summed E-state index contributed by atoms with van der Waals surface area (Å²) in [7, 11) is 0. The molecule has 24 heavy (non-hydrogen) atoms. The predicted molar refractivity (Wildman–Crippen MR) is 94.0 cm³/mol. The molecule has 1 aliphatic rings. The first-order valence-electron chi connectivity index (χ1n) is 8.54. The summed E-state index contributed by atoms with van der Waals surface area (Å²) in [5, 5.41) is 7.12. The molecule has 2 aromatic rings. The Balaban J connectivity index is 1.65. The molecular formula is C18H23N3O2S. The van der Waals surface area contributed by atoms with Gasteiger partial charge in [-0.1, -0.05) is 43.0 Å². The fourth-order valence-corrected chi connectivity index (χ4v) is 3.90. The van der Waals surface area contributed by atoms with Crippen LogP contribution >= 0.6 is 11.8 Å². The maximum absolute atomic E-state index is 12.7. The van der Waals surface area contributed by atoms with E-state index in [0.29, 0.717) is 23.5 Å². The number of aromatic nitrogens is 2. The third kappa shape index (κ3) is 4.60. The number of benzene rings is 1. The summed E-state index contributed by atoms with van der Waals surface area (Å²) in [6.45, 7) is 1.77. The highest BCUT2D eigenvalue weighted by Crippen LogP contribution is 2.26. The number of thioether (sulfide) groups is 1. The van der Waals surface area contributed by atoms with Gasteiger partial charge < -0.3 is 9.84 Å². The third-order valence-electron chi connectivity index (χ3n) is 4.25. The molecule has 0 bridgehead atoms. The highest BCUT2D eigenvalue weighted by Gasteiger charge is 2.18. The van der Waals surface area contributed by atoms with E-state index in [1.807, 2.05) is 24.3 Å². The van der Waals surface area contributed by atoms with E-state index in [1.165, 1.54) is 25.7 Å². The summed E-state index contributed by atoms with van der Waals surface area (Å²) in [5.74, 6) is 1.82. The number of carbonyl (C=O) groups is 1. The summed E-state index contributed by atoms with van der Waals surface area (Å²) >= 11 is 1.56. The molecule has 0 spiro atoms. The minimum Gasteiger partial charge on any atom is -0.349 e. The Hall–Kier alpha value is -1.82. The molecule has 1 aliphatic carbocycles. The van der Waals surface area contributed by atoms with Crippen LogP contribution < -0.4 is 5.32 Å². The molecule has 0 radical (unpaired) electrons. The van der Waals surface area contributed by atoms with Crippen molar-refractivity contribution in [3.8, 4) is 0 Å². The Bertz CT molecular complexity index is 678. The second-order valence-corrected chi connectivity index (χ2v) is 7.19. The lowest BCUT2D eigenvalue weighted by Crippen LogP contribution is -2.34. The molecule has 1 aromatic heterocycles. The minimum atomic E-state index is 0.0225. The van der Waals surface area contributed by atoms with Crippen molar-refractivity contribution in [3.05, 3.63) is 41.5 Å². The zero-order valence-corrected chi connectivity index (χ0v) is 14.8. The molecule has 1 N–H and O–H groups in total. The van der Waals surface area contributed by atoms with Gasteiger partial charge in [-0.05, 0) is 25.0 Å². The number of rotatable bonds is 5. The summed E-state index contributed by atoms with van der Waals surface area (Å²) in [5.41, 5.74) is 0.729. The van der Waals surface area contributed by atoms with Crippen LogP contribution in [0.5, 0.6) is 0 Å². The van der Waals surface area contributed by atoms with Crippen LogP contribution in [0.3, 0.4) is 0 Å².